The van der Waals surface area contributed by atoms with Crippen molar-refractivity contribution < 1.29 is 8.42 Å². The molecule has 0 spiro atoms. The van der Waals surface area contributed by atoms with Crippen LogP contribution in [0, 0.1) is 6.92 Å². The summed E-state index contributed by atoms with van der Waals surface area (Å²) in [6.45, 7) is 1.69. The lowest BCUT2D eigenvalue weighted by atomic mass is 10.1. The van der Waals surface area contributed by atoms with Crippen LogP contribution in [0.25, 0.3) is 0 Å². The molecule has 0 aliphatic carbocycles. The summed E-state index contributed by atoms with van der Waals surface area (Å²) in [6.07, 6.45) is 3.02. The van der Waals surface area contributed by atoms with E-state index in [1.165, 1.54) is 18.5 Å². The summed E-state index contributed by atoms with van der Waals surface area (Å²) in [4.78, 5) is 4.29. The number of nitrogens with one attached hydrogen (secondary N) is 1. The standard InChI is InChI=1S/C13H12BrN3O2S2/c1-8-6-9(13(15)20)2-3-12(8)21(18,19)17-11-4-5-16-7-10(11)14/h2-7H,1H3,(H2,15,20)(H,16,17). The Morgan fingerprint density at radius 2 is 2.10 bits per heavy atom. The SMILES string of the molecule is Cc1cc(C(N)=S)ccc1S(=O)(=O)Nc1ccncc1Br. The number of aromatic nitrogens is 1. The fourth-order valence-electron chi connectivity index (χ4n) is 1.76. The van der Waals surface area contributed by atoms with E-state index in [2.05, 4.69) is 25.6 Å². The lowest BCUT2D eigenvalue weighted by Gasteiger charge is -2.12. The molecule has 2 rings (SSSR count). The van der Waals surface area contributed by atoms with E-state index in [0.717, 1.165) is 0 Å². The van der Waals surface area contributed by atoms with Crippen LogP contribution in [-0.2, 0) is 10.0 Å². The van der Waals surface area contributed by atoms with Crippen LogP contribution in [0.2, 0.25) is 0 Å². The summed E-state index contributed by atoms with van der Waals surface area (Å²) in [5, 5.41) is 0. The molecule has 0 saturated heterocycles. The van der Waals surface area contributed by atoms with Gasteiger partial charge in [-0.1, -0.05) is 18.3 Å². The van der Waals surface area contributed by atoms with Gasteiger partial charge in [0, 0.05) is 18.0 Å². The molecule has 1 aromatic carbocycles. The first-order valence-corrected chi connectivity index (χ1v) is 8.52. The van der Waals surface area contributed by atoms with Gasteiger partial charge in [0.15, 0.2) is 0 Å². The second kappa shape index (κ2) is 6.08. The van der Waals surface area contributed by atoms with Crippen molar-refractivity contribution in [3.8, 4) is 0 Å². The van der Waals surface area contributed by atoms with Crippen molar-refractivity contribution >= 4 is 48.8 Å². The highest BCUT2D eigenvalue weighted by atomic mass is 79.9. The van der Waals surface area contributed by atoms with Gasteiger partial charge < -0.3 is 5.73 Å². The Bertz CT molecular complexity index is 807. The maximum absolute atomic E-state index is 12.4. The molecule has 0 radical (unpaired) electrons. The molecule has 0 aliphatic rings. The zero-order valence-electron chi connectivity index (χ0n) is 11.0. The number of sulfonamides is 1. The van der Waals surface area contributed by atoms with E-state index in [0.29, 0.717) is 21.3 Å². The normalized spacial score (nSPS) is 11.1. The van der Waals surface area contributed by atoms with Gasteiger partial charge in [-0.05, 0) is 46.6 Å². The summed E-state index contributed by atoms with van der Waals surface area (Å²) in [6, 6.07) is 6.30. The average Bonchev–Trinajstić information content (AvgIpc) is 2.40. The summed E-state index contributed by atoms with van der Waals surface area (Å²) < 4.78 is 28.0. The van der Waals surface area contributed by atoms with Crippen molar-refractivity contribution in [2.75, 3.05) is 4.72 Å². The number of hydrogen-bond acceptors (Lipinski definition) is 4. The minimum Gasteiger partial charge on any atom is -0.389 e. The Kier molecular flexibility index (Phi) is 4.60. The minimum absolute atomic E-state index is 0.172. The second-order valence-electron chi connectivity index (χ2n) is 4.31. The zero-order chi connectivity index (χ0) is 15.6. The van der Waals surface area contributed by atoms with E-state index in [1.54, 1.807) is 25.1 Å². The molecular formula is C13H12BrN3O2S2. The van der Waals surface area contributed by atoms with Gasteiger partial charge in [0.1, 0.15) is 4.99 Å². The number of thiocarbonyl (C=S) groups is 1. The first-order valence-electron chi connectivity index (χ1n) is 5.84. The molecule has 8 heteroatoms. The van der Waals surface area contributed by atoms with E-state index in [9.17, 15) is 8.42 Å². The zero-order valence-corrected chi connectivity index (χ0v) is 14.2. The fourth-order valence-corrected chi connectivity index (χ4v) is 3.68. The molecule has 3 N–H and O–H groups in total. The number of halogens is 1. The lowest BCUT2D eigenvalue weighted by molar-refractivity contribution is 0.600. The number of nitrogens with zero attached hydrogens (tertiary/aromatic N) is 1. The minimum atomic E-state index is -3.70. The van der Waals surface area contributed by atoms with Gasteiger partial charge in [-0.3, -0.25) is 9.71 Å². The average molecular weight is 386 g/mol. The van der Waals surface area contributed by atoms with E-state index in [-0.39, 0.29) is 9.88 Å². The van der Waals surface area contributed by atoms with E-state index in [1.807, 2.05) is 0 Å². The number of rotatable bonds is 4. The smallest absolute Gasteiger partial charge is 0.262 e. The molecule has 5 nitrogen and oxygen atoms in total. The van der Waals surface area contributed by atoms with Crippen LogP contribution in [0.1, 0.15) is 11.1 Å². The number of hydrogen-bond donors (Lipinski definition) is 2. The van der Waals surface area contributed by atoms with E-state index >= 15 is 0 Å². The molecule has 1 aromatic heterocycles. The number of aryl methyl sites for hydroxylation is 1. The monoisotopic (exact) mass is 385 g/mol. The highest BCUT2D eigenvalue weighted by Gasteiger charge is 2.18. The maximum atomic E-state index is 12.4. The number of anilines is 1. The molecule has 21 heavy (non-hydrogen) atoms. The Hall–Kier alpha value is -1.51. The predicted octanol–water partition coefficient (Wildman–Crippen LogP) is 2.59. The van der Waals surface area contributed by atoms with Gasteiger partial charge in [0.25, 0.3) is 10.0 Å². The Morgan fingerprint density at radius 1 is 1.38 bits per heavy atom. The summed E-state index contributed by atoms with van der Waals surface area (Å²) in [5.74, 6) is 0. The molecule has 0 fully saturated rings. The first kappa shape index (κ1) is 15.9. The van der Waals surface area contributed by atoms with Gasteiger partial charge in [0.2, 0.25) is 0 Å². The summed E-state index contributed by atoms with van der Waals surface area (Å²) >= 11 is 8.13. The molecule has 1 heterocycles. The van der Waals surface area contributed by atoms with Crippen LogP contribution in [-0.4, -0.2) is 18.4 Å². The largest absolute Gasteiger partial charge is 0.389 e. The Morgan fingerprint density at radius 3 is 2.67 bits per heavy atom. The molecule has 110 valence electrons. The summed E-state index contributed by atoms with van der Waals surface area (Å²) in [5.41, 5.74) is 7.16. The van der Waals surface area contributed by atoms with Gasteiger partial charge in [0.05, 0.1) is 15.1 Å². The van der Waals surface area contributed by atoms with Crippen molar-refractivity contribution in [3.05, 3.63) is 52.3 Å². The quantitative estimate of drug-likeness (QED) is 0.789. The van der Waals surface area contributed by atoms with Crippen LogP contribution in [0.5, 0.6) is 0 Å². The van der Waals surface area contributed by atoms with Crippen molar-refractivity contribution in [1.29, 1.82) is 0 Å². The number of benzene rings is 1. The molecule has 0 aliphatic heterocycles. The maximum Gasteiger partial charge on any atom is 0.262 e. The molecule has 0 unspecified atom stereocenters. The number of nitrogens with two attached hydrogens (primary N) is 1. The van der Waals surface area contributed by atoms with Crippen LogP contribution in [0.3, 0.4) is 0 Å². The van der Waals surface area contributed by atoms with Crippen molar-refractivity contribution in [1.82, 2.24) is 4.98 Å². The van der Waals surface area contributed by atoms with Crippen LogP contribution in [0.15, 0.2) is 46.0 Å². The van der Waals surface area contributed by atoms with Gasteiger partial charge in [-0.2, -0.15) is 0 Å². The Balaban J connectivity index is 2.41. The third kappa shape index (κ3) is 3.58. The molecule has 0 atom stereocenters. The van der Waals surface area contributed by atoms with Gasteiger partial charge in [-0.25, -0.2) is 8.42 Å². The van der Waals surface area contributed by atoms with E-state index in [4.69, 9.17) is 18.0 Å². The van der Waals surface area contributed by atoms with E-state index < -0.39 is 10.0 Å². The summed E-state index contributed by atoms with van der Waals surface area (Å²) in [7, 11) is -3.70. The van der Waals surface area contributed by atoms with Crippen LogP contribution < -0.4 is 10.5 Å². The molecule has 0 saturated carbocycles. The molecule has 2 aromatic rings. The lowest BCUT2D eigenvalue weighted by Crippen LogP contribution is -2.16. The van der Waals surface area contributed by atoms with Crippen LogP contribution in [0.4, 0.5) is 5.69 Å². The topological polar surface area (TPSA) is 85.1 Å². The molecule has 0 amide bonds. The van der Waals surface area contributed by atoms with Crippen molar-refractivity contribution in [2.24, 2.45) is 5.73 Å². The molecular weight excluding hydrogens is 374 g/mol. The third-order valence-corrected chi connectivity index (χ3v) is 5.16. The first-order chi connectivity index (χ1) is 9.81. The van der Waals surface area contributed by atoms with Gasteiger partial charge in [-0.15, -0.1) is 0 Å². The number of pyridine rings is 1. The highest BCUT2D eigenvalue weighted by molar-refractivity contribution is 9.10. The fraction of sp³-hybridized carbons (Fsp3) is 0.0769. The van der Waals surface area contributed by atoms with Crippen molar-refractivity contribution in [3.63, 3.8) is 0 Å². The predicted molar refractivity (Wildman–Crippen MR) is 89.8 cm³/mol. The highest BCUT2D eigenvalue weighted by Crippen LogP contribution is 2.25. The van der Waals surface area contributed by atoms with Crippen molar-refractivity contribution in [2.45, 2.75) is 11.8 Å². The Labute approximate surface area is 136 Å². The second-order valence-corrected chi connectivity index (χ2v) is 7.25. The third-order valence-electron chi connectivity index (χ3n) is 2.77. The van der Waals surface area contributed by atoms with Crippen LogP contribution >= 0.6 is 28.1 Å². The molecule has 0 bridgehead atoms. The van der Waals surface area contributed by atoms with Gasteiger partial charge >= 0.3 is 0 Å².